The van der Waals surface area contributed by atoms with Crippen LogP contribution in [0.15, 0.2) is 30.7 Å². The van der Waals surface area contributed by atoms with Crippen molar-refractivity contribution in [3.63, 3.8) is 0 Å². The lowest BCUT2D eigenvalue weighted by atomic mass is 10.2. The molecule has 25 heavy (non-hydrogen) atoms. The smallest absolute Gasteiger partial charge is 0.366 e. The molecule has 0 spiro atoms. The summed E-state index contributed by atoms with van der Waals surface area (Å²) in [5.41, 5.74) is 0.0853. The van der Waals surface area contributed by atoms with Crippen LogP contribution in [0.5, 0.6) is 0 Å². The van der Waals surface area contributed by atoms with Crippen LogP contribution in [0.4, 0.5) is 19.0 Å². The number of rotatable bonds is 4. The van der Waals surface area contributed by atoms with Gasteiger partial charge in [0.1, 0.15) is 23.5 Å². The minimum Gasteiger partial charge on any atom is -0.366 e. The van der Waals surface area contributed by atoms with Crippen LogP contribution in [-0.2, 0) is 12.7 Å². The molecule has 0 amide bonds. The Morgan fingerprint density at radius 2 is 2.00 bits per heavy atom. The number of fused-ring (bicyclic) bond motifs is 1. The van der Waals surface area contributed by atoms with E-state index in [1.165, 1.54) is 18.6 Å². The Morgan fingerprint density at radius 1 is 1.20 bits per heavy atom. The van der Waals surface area contributed by atoms with Crippen LogP contribution in [0.2, 0.25) is 0 Å². The average molecular weight is 372 g/mol. The van der Waals surface area contributed by atoms with E-state index in [0.717, 1.165) is 24.6 Å². The number of pyridine rings is 1. The van der Waals surface area contributed by atoms with Crippen LogP contribution >= 0.6 is 12.4 Å². The van der Waals surface area contributed by atoms with Gasteiger partial charge in [0.15, 0.2) is 0 Å². The average Bonchev–Trinajstić information content (AvgIpc) is 3.31. The Bertz CT molecular complexity index is 972. The van der Waals surface area contributed by atoms with Gasteiger partial charge in [0.05, 0.1) is 2.74 Å². The third-order valence-corrected chi connectivity index (χ3v) is 3.79. The second-order valence-corrected chi connectivity index (χ2v) is 5.69. The van der Waals surface area contributed by atoms with Gasteiger partial charge in [0.2, 0.25) is 0 Å². The summed E-state index contributed by atoms with van der Waals surface area (Å²) >= 11 is 0. The van der Waals surface area contributed by atoms with Crippen molar-refractivity contribution in [2.45, 2.75) is 31.4 Å². The number of nitrogens with zero attached hydrogens (tertiary/aromatic N) is 3. The summed E-state index contributed by atoms with van der Waals surface area (Å²) in [6.45, 7) is -2.06. The molecule has 3 heterocycles. The fourth-order valence-corrected chi connectivity index (χ4v) is 2.42. The highest BCUT2D eigenvalue weighted by Gasteiger charge is 2.32. The molecule has 1 fully saturated rings. The van der Waals surface area contributed by atoms with Gasteiger partial charge in [-0.05, 0) is 30.5 Å². The maximum Gasteiger partial charge on any atom is 0.431 e. The van der Waals surface area contributed by atoms with Crippen LogP contribution in [0.3, 0.4) is 0 Å². The number of hydrogen-bond donors (Lipinski definition) is 2. The Kier molecular flexibility index (Phi) is 3.89. The Labute approximate surface area is 150 Å². The molecule has 1 aliphatic carbocycles. The molecule has 4 rings (SSSR count). The number of aromatic amines is 1. The molecule has 0 aromatic carbocycles. The summed E-state index contributed by atoms with van der Waals surface area (Å²) in [7, 11) is 0. The van der Waals surface area contributed by atoms with Crippen LogP contribution in [0.1, 0.15) is 38.5 Å². The fourth-order valence-electron chi connectivity index (χ4n) is 2.42. The first-order valence-corrected chi connectivity index (χ1v) is 7.39. The van der Waals surface area contributed by atoms with Gasteiger partial charge in [-0.25, -0.2) is 15.0 Å². The molecule has 1 saturated carbocycles. The maximum absolute atomic E-state index is 12.8. The summed E-state index contributed by atoms with van der Waals surface area (Å²) in [5, 5.41) is 2.85. The van der Waals surface area contributed by atoms with Gasteiger partial charge in [0.25, 0.3) is 0 Å². The van der Waals surface area contributed by atoms with Crippen LogP contribution in [-0.4, -0.2) is 19.9 Å². The molecule has 1 aliphatic rings. The number of hydrogen-bond acceptors (Lipinski definition) is 4. The number of anilines is 1. The molecule has 0 aliphatic heterocycles. The SMILES string of the molecule is Cl.[2H]C([2H])(Nc1cc(C2CC2)ncn1)c1cnc2[nH]c(C(F)(F)F)cc2c1. The molecular weight excluding hydrogens is 355 g/mol. The van der Waals surface area contributed by atoms with E-state index in [-0.39, 0.29) is 29.0 Å². The number of alkyl halides is 3. The van der Waals surface area contributed by atoms with E-state index in [0.29, 0.717) is 11.7 Å². The Hall–Kier alpha value is -2.35. The number of aromatic nitrogens is 4. The second-order valence-electron chi connectivity index (χ2n) is 5.69. The molecule has 0 bridgehead atoms. The van der Waals surface area contributed by atoms with Crippen molar-refractivity contribution in [3.8, 4) is 0 Å². The van der Waals surface area contributed by atoms with Crippen molar-refractivity contribution in [2.75, 3.05) is 5.32 Å². The van der Waals surface area contributed by atoms with Crippen molar-refractivity contribution in [1.82, 2.24) is 19.9 Å². The first-order chi connectivity index (χ1) is 12.2. The normalized spacial score (nSPS) is 16.1. The molecule has 5 nitrogen and oxygen atoms in total. The molecule has 3 aromatic heterocycles. The Morgan fingerprint density at radius 3 is 2.72 bits per heavy atom. The molecule has 0 saturated heterocycles. The number of H-pyrrole nitrogens is 1. The zero-order valence-electron chi connectivity index (χ0n) is 14.8. The predicted molar refractivity (Wildman–Crippen MR) is 89.7 cm³/mol. The summed E-state index contributed by atoms with van der Waals surface area (Å²) < 4.78 is 54.8. The molecule has 2 N–H and O–H groups in total. The number of halogens is 4. The summed E-state index contributed by atoms with van der Waals surface area (Å²) in [4.78, 5) is 14.3. The lowest BCUT2D eigenvalue weighted by Gasteiger charge is -2.06. The van der Waals surface area contributed by atoms with E-state index in [1.807, 2.05) is 0 Å². The lowest BCUT2D eigenvalue weighted by Crippen LogP contribution is -2.04. The molecule has 132 valence electrons. The van der Waals surface area contributed by atoms with Gasteiger partial charge >= 0.3 is 6.18 Å². The summed E-state index contributed by atoms with van der Waals surface area (Å²) in [6.07, 6.45) is 0.167. The lowest BCUT2D eigenvalue weighted by molar-refractivity contribution is -0.140. The highest BCUT2D eigenvalue weighted by Crippen LogP contribution is 2.39. The van der Waals surface area contributed by atoms with E-state index in [9.17, 15) is 13.2 Å². The van der Waals surface area contributed by atoms with Gasteiger partial charge in [0, 0.05) is 35.8 Å². The molecule has 0 radical (unpaired) electrons. The van der Waals surface area contributed by atoms with Crippen molar-refractivity contribution >= 4 is 29.3 Å². The van der Waals surface area contributed by atoms with Crippen LogP contribution in [0.25, 0.3) is 11.0 Å². The first kappa shape index (κ1) is 14.9. The summed E-state index contributed by atoms with van der Waals surface area (Å²) in [6, 6.07) is 3.95. The molecular formula is C16H15ClF3N5. The molecule has 0 unspecified atom stereocenters. The highest BCUT2D eigenvalue weighted by molar-refractivity contribution is 5.85. The van der Waals surface area contributed by atoms with Crippen molar-refractivity contribution in [1.29, 1.82) is 0 Å². The number of nitrogens with one attached hydrogen (secondary N) is 2. The molecule has 3 aromatic rings. The largest absolute Gasteiger partial charge is 0.431 e. The maximum atomic E-state index is 12.8. The van der Waals surface area contributed by atoms with Crippen molar-refractivity contribution in [3.05, 3.63) is 47.7 Å². The second kappa shape index (κ2) is 6.51. The van der Waals surface area contributed by atoms with E-state index in [1.54, 1.807) is 6.07 Å². The Balaban J connectivity index is 0.00000210. The first-order valence-electron chi connectivity index (χ1n) is 8.39. The fraction of sp³-hybridized carbons (Fsp3) is 0.312. The van der Waals surface area contributed by atoms with Crippen molar-refractivity contribution in [2.24, 2.45) is 0 Å². The highest BCUT2D eigenvalue weighted by atomic mass is 35.5. The monoisotopic (exact) mass is 371 g/mol. The standard InChI is InChI=1S/C16H14F3N5.ClH/c17-16(18,19)13-4-11-3-9(7-21-15(11)24-13)6-20-14-5-12(10-1-2-10)22-8-23-14;/h3-5,7-8,10H,1-2,6H2,(H,21,24)(H,20,22,23);1H/i6D2;. The zero-order valence-corrected chi connectivity index (χ0v) is 13.6. The minimum atomic E-state index is -4.52. The van der Waals surface area contributed by atoms with Gasteiger partial charge in [-0.3, -0.25) is 0 Å². The van der Waals surface area contributed by atoms with E-state index >= 15 is 0 Å². The predicted octanol–water partition coefficient (Wildman–Crippen LogP) is 4.28. The molecule has 9 heteroatoms. The quantitative estimate of drug-likeness (QED) is 0.718. The third-order valence-electron chi connectivity index (χ3n) is 3.79. The van der Waals surface area contributed by atoms with Crippen LogP contribution in [0, 0.1) is 0 Å². The third kappa shape index (κ3) is 3.84. The van der Waals surface area contributed by atoms with Crippen LogP contribution < -0.4 is 5.32 Å². The molecule has 0 atom stereocenters. The zero-order chi connectivity index (χ0) is 18.5. The summed E-state index contributed by atoms with van der Waals surface area (Å²) in [5.74, 6) is 0.708. The van der Waals surface area contributed by atoms with Crippen molar-refractivity contribution < 1.29 is 15.9 Å². The van der Waals surface area contributed by atoms with E-state index in [2.05, 4.69) is 25.3 Å². The van der Waals surface area contributed by atoms with E-state index in [4.69, 9.17) is 2.74 Å². The van der Waals surface area contributed by atoms with E-state index < -0.39 is 18.4 Å². The minimum absolute atomic E-state index is 0. The van der Waals surface area contributed by atoms with Gasteiger partial charge in [-0.2, -0.15) is 13.2 Å². The van der Waals surface area contributed by atoms with Gasteiger partial charge in [-0.15, -0.1) is 12.4 Å². The van der Waals surface area contributed by atoms with Gasteiger partial charge < -0.3 is 10.3 Å². The topological polar surface area (TPSA) is 66.5 Å². The van der Waals surface area contributed by atoms with Gasteiger partial charge in [-0.1, -0.05) is 0 Å².